The number of nitrogens with two attached hydrogens (primary N) is 1. The lowest BCUT2D eigenvalue weighted by atomic mass is 10.2. The average Bonchev–Trinajstić information content (AvgIpc) is 2.49. The van der Waals surface area contributed by atoms with Gasteiger partial charge in [0, 0.05) is 10.5 Å². The number of nitrogens with one attached hydrogen (secondary N) is 2. The maximum Gasteiger partial charge on any atom is 0.274 e. The van der Waals surface area contributed by atoms with E-state index in [0.717, 1.165) is 4.47 Å². The standard InChI is InChI=1S/C13H13BrN4O2/c1-20-8-5-6-9(14)11(7-8)17-13(19)10-3-2-4-12(16-10)18-15/h2-7H,15H2,1H3,(H,16,18)(H,17,19). The van der Waals surface area contributed by atoms with Crippen molar-refractivity contribution in [3.05, 3.63) is 46.6 Å². The monoisotopic (exact) mass is 336 g/mol. The van der Waals surface area contributed by atoms with E-state index in [4.69, 9.17) is 10.6 Å². The predicted molar refractivity (Wildman–Crippen MR) is 80.7 cm³/mol. The van der Waals surface area contributed by atoms with Crippen molar-refractivity contribution < 1.29 is 9.53 Å². The lowest BCUT2D eigenvalue weighted by Crippen LogP contribution is -2.16. The summed E-state index contributed by atoms with van der Waals surface area (Å²) in [6.45, 7) is 0. The number of rotatable bonds is 4. The Morgan fingerprint density at radius 1 is 1.35 bits per heavy atom. The van der Waals surface area contributed by atoms with E-state index in [-0.39, 0.29) is 11.6 Å². The highest BCUT2D eigenvalue weighted by Gasteiger charge is 2.11. The average molecular weight is 337 g/mol. The minimum Gasteiger partial charge on any atom is -0.497 e. The molecule has 2 aromatic rings. The maximum atomic E-state index is 12.1. The second-order valence-electron chi connectivity index (χ2n) is 3.85. The molecule has 0 aliphatic heterocycles. The summed E-state index contributed by atoms with van der Waals surface area (Å²) in [4.78, 5) is 16.2. The number of hydrogen-bond acceptors (Lipinski definition) is 5. The molecular formula is C13H13BrN4O2. The molecule has 2 rings (SSSR count). The zero-order valence-corrected chi connectivity index (χ0v) is 12.3. The van der Waals surface area contributed by atoms with Gasteiger partial charge in [-0.25, -0.2) is 10.8 Å². The third-order valence-electron chi connectivity index (χ3n) is 2.55. The van der Waals surface area contributed by atoms with Crippen molar-refractivity contribution in [2.75, 3.05) is 17.9 Å². The van der Waals surface area contributed by atoms with Crippen LogP contribution in [0.15, 0.2) is 40.9 Å². The molecule has 6 nitrogen and oxygen atoms in total. The van der Waals surface area contributed by atoms with Gasteiger partial charge in [0.15, 0.2) is 0 Å². The lowest BCUT2D eigenvalue weighted by Gasteiger charge is -2.09. The van der Waals surface area contributed by atoms with Crippen LogP contribution in [-0.4, -0.2) is 18.0 Å². The lowest BCUT2D eigenvalue weighted by molar-refractivity contribution is 0.102. The Hall–Kier alpha value is -2.12. The first kappa shape index (κ1) is 14.3. The molecule has 4 N–H and O–H groups in total. The normalized spacial score (nSPS) is 9.95. The molecule has 0 atom stereocenters. The van der Waals surface area contributed by atoms with Gasteiger partial charge in [0.1, 0.15) is 17.3 Å². The van der Waals surface area contributed by atoms with E-state index in [1.807, 2.05) is 0 Å². The Labute approximate surface area is 124 Å². The fourth-order valence-electron chi connectivity index (χ4n) is 1.56. The number of methoxy groups -OCH3 is 1. The van der Waals surface area contributed by atoms with Crippen molar-refractivity contribution in [2.24, 2.45) is 5.84 Å². The van der Waals surface area contributed by atoms with Crippen LogP contribution in [0, 0.1) is 0 Å². The fraction of sp³-hybridized carbons (Fsp3) is 0.0769. The molecule has 0 unspecified atom stereocenters. The quantitative estimate of drug-likeness (QED) is 0.589. The molecule has 0 bridgehead atoms. The van der Waals surface area contributed by atoms with Crippen LogP contribution in [0.2, 0.25) is 0 Å². The van der Waals surface area contributed by atoms with Gasteiger partial charge in [0.25, 0.3) is 5.91 Å². The van der Waals surface area contributed by atoms with Crippen molar-refractivity contribution in [3.8, 4) is 5.75 Å². The molecule has 0 aliphatic rings. The van der Waals surface area contributed by atoms with Gasteiger partial charge < -0.3 is 15.5 Å². The molecule has 0 radical (unpaired) electrons. The second kappa shape index (κ2) is 6.36. The highest BCUT2D eigenvalue weighted by molar-refractivity contribution is 9.10. The van der Waals surface area contributed by atoms with E-state index >= 15 is 0 Å². The molecule has 1 amide bonds. The summed E-state index contributed by atoms with van der Waals surface area (Å²) in [6.07, 6.45) is 0. The number of pyridine rings is 1. The van der Waals surface area contributed by atoms with E-state index in [2.05, 4.69) is 31.7 Å². The number of ether oxygens (including phenoxy) is 1. The van der Waals surface area contributed by atoms with Gasteiger partial charge in [-0.15, -0.1) is 0 Å². The van der Waals surface area contributed by atoms with Gasteiger partial charge in [0.05, 0.1) is 12.8 Å². The minimum absolute atomic E-state index is 0.259. The van der Waals surface area contributed by atoms with Crippen LogP contribution in [0.25, 0.3) is 0 Å². The summed E-state index contributed by atoms with van der Waals surface area (Å²) in [5, 5.41) is 2.76. The predicted octanol–water partition coefficient (Wildman–Crippen LogP) is 2.39. The van der Waals surface area contributed by atoms with Crippen LogP contribution in [0.4, 0.5) is 11.5 Å². The number of nitrogen functional groups attached to an aromatic ring is 1. The summed E-state index contributed by atoms with van der Waals surface area (Å²) >= 11 is 3.37. The van der Waals surface area contributed by atoms with Gasteiger partial charge in [0.2, 0.25) is 0 Å². The van der Waals surface area contributed by atoms with Crippen LogP contribution < -0.4 is 21.3 Å². The van der Waals surface area contributed by atoms with E-state index < -0.39 is 0 Å². The number of aromatic nitrogens is 1. The molecule has 1 aromatic carbocycles. The minimum atomic E-state index is -0.337. The first-order valence-corrected chi connectivity index (χ1v) is 6.52. The molecule has 0 saturated carbocycles. The Balaban J connectivity index is 2.22. The Kier molecular flexibility index (Phi) is 4.54. The second-order valence-corrected chi connectivity index (χ2v) is 4.71. The van der Waals surface area contributed by atoms with Gasteiger partial charge in [-0.05, 0) is 40.2 Å². The van der Waals surface area contributed by atoms with Gasteiger partial charge >= 0.3 is 0 Å². The van der Waals surface area contributed by atoms with E-state index in [0.29, 0.717) is 17.3 Å². The van der Waals surface area contributed by atoms with Crippen molar-refractivity contribution in [3.63, 3.8) is 0 Å². The Morgan fingerprint density at radius 2 is 2.15 bits per heavy atom. The first-order chi connectivity index (χ1) is 9.63. The summed E-state index contributed by atoms with van der Waals surface area (Å²) in [5.41, 5.74) is 3.25. The van der Waals surface area contributed by atoms with Crippen LogP contribution in [0.5, 0.6) is 5.75 Å². The molecule has 7 heteroatoms. The van der Waals surface area contributed by atoms with E-state index in [1.54, 1.807) is 43.5 Å². The van der Waals surface area contributed by atoms with Gasteiger partial charge in [-0.3, -0.25) is 4.79 Å². The smallest absolute Gasteiger partial charge is 0.274 e. The number of hydrazine groups is 1. The Bertz CT molecular complexity index is 634. The van der Waals surface area contributed by atoms with Crippen molar-refractivity contribution in [2.45, 2.75) is 0 Å². The molecule has 1 heterocycles. The largest absolute Gasteiger partial charge is 0.497 e. The number of carbonyl (C=O) groups excluding carboxylic acids is 1. The molecule has 0 fully saturated rings. The summed E-state index contributed by atoms with van der Waals surface area (Å²) in [7, 11) is 1.56. The van der Waals surface area contributed by atoms with Crippen molar-refractivity contribution >= 4 is 33.3 Å². The molecule has 1 aromatic heterocycles. The number of hydrogen-bond donors (Lipinski definition) is 3. The number of nitrogens with zero attached hydrogens (tertiary/aromatic N) is 1. The number of benzene rings is 1. The van der Waals surface area contributed by atoms with Crippen LogP contribution in [0.1, 0.15) is 10.5 Å². The summed E-state index contributed by atoms with van der Waals surface area (Å²) in [5.74, 6) is 5.99. The molecule has 0 spiro atoms. The highest BCUT2D eigenvalue weighted by Crippen LogP contribution is 2.27. The molecular weight excluding hydrogens is 324 g/mol. The third-order valence-corrected chi connectivity index (χ3v) is 3.24. The van der Waals surface area contributed by atoms with Gasteiger partial charge in [-0.1, -0.05) is 6.07 Å². The van der Waals surface area contributed by atoms with Crippen LogP contribution in [0.3, 0.4) is 0 Å². The van der Waals surface area contributed by atoms with Crippen molar-refractivity contribution in [1.82, 2.24) is 4.98 Å². The molecule has 20 heavy (non-hydrogen) atoms. The number of carbonyl (C=O) groups is 1. The molecule has 104 valence electrons. The number of amides is 1. The number of anilines is 2. The number of halogens is 1. The fourth-order valence-corrected chi connectivity index (χ4v) is 1.90. The molecule has 0 aliphatic carbocycles. The summed E-state index contributed by atoms with van der Waals surface area (Å²) < 4.78 is 5.87. The van der Waals surface area contributed by atoms with Crippen LogP contribution in [-0.2, 0) is 0 Å². The third kappa shape index (κ3) is 3.25. The zero-order valence-electron chi connectivity index (χ0n) is 10.7. The topological polar surface area (TPSA) is 89.3 Å². The Morgan fingerprint density at radius 3 is 2.85 bits per heavy atom. The van der Waals surface area contributed by atoms with E-state index in [1.165, 1.54) is 0 Å². The van der Waals surface area contributed by atoms with Crippen LogP contribution >= 0.6 is 15.9 Å². The van der Waals surface area contributed by atoms with Gasteiger partial charge in [-0.2, -0.15) is 0 Å². The van der Waals surface area contributed by atoms with Crippen molar-refractivity contribution in [1.29, 1.82) is 0 Å². The maximum absolute atomic E-state index is 12.1. The molecule has 0 saturated heterocycles. The zero-order chi connectivity index (χ0) is 14.5. The van der Waals surface area contributed by atoms with E-state index in [9.17, 15) is 4.79 Å². The first-order valence-electron chi connectivity index (χ1n) is 5.72. The summed E-state index contributed by atoms with van der Waals surface area (Å²) in [6, 6.07) is 10.3. The SMILES string of the molecule is COc1ccc(Br)c(NC(=O)c2cccc(NN)n2)c1. The highest BCUT2D eigenvalue weighted by atomic mass is 79.9.